The Kier molecular flexibility index (Phi) is 9.66. The molecule has 0 aliphatic carbocycles. The lowest BCUT2D eigenvalue weighted by atomic mass is 10.0. The van der Waals surface area contributed by atoms with Crippen molar-refractivity contribution < 1.29 is 0 Å². The number of benzene rings is 1. The van der Waals surface area contributed by atoms with Crippen molar-refractivity contribution in [3.8, 4) is 5.69 Å². The Morgan fingerprint density at radius 3 is 2.72 bits per heavy atom. The number of rotatable bonds is 7. The standard InChI is InChI=1S/C22H32N6.HI/c1-4-23-22(26-20-9-13-27(14-10-20)17-18(2)3)24-16-19-7-5-8-21(15-19)28-12-6-11-25-28;/h5-8,11-12,15,20H,2,4,9-10,13-14,16-17H2,1,3H3,(H2,23,24,26);1H. The minimum atomic E-state index is 0. The maximum Gasteiger partial charge on any atom is 0.191 e. The van der Waals surface area contributed by atoms with E-state index in [1.807, 2.05) is 16.9 Å². The van der Waals surface area contributed by atoms with E-state index in [1.54, 1.807) is 6.20 Å². The van der Waals surface area contributed by atoms with Gasteiger partial charge in [-0.1, -0.05) is 24.3 Å². The van der Waals surface area contributed by atoms with Crippen molar-refractivity contribution in [3.63, 3.8) is 0 Å². The Morgan fingerprint density at radius 1 is 1.28 bits per heavy atom. The van der Waals surface area contributed by atoms with Crippen LogP contribution in [-0.2, 0) is 6.54 Å². The molecule has 7 heteroatoms. The predicted molar refractivity (Wildman–Crippen MR) is 131 cm³/mol. The molecule has 0 saturated carbocycles. The van der Waals surface area contributed by atoms with Crippen LogP contribution in [0, 0.1) is 0 Å². The minimum Gasteiger partial charge on any atom is -0.357 e. The van der Waals surface area contributed by atoms with E-state index in [2.05, 4.69) is 65.3 Å². The molecule has 2 heterocycles. The summed E-state index contributed by atoms with van der Waals surface area (Å²) in [7, 11) is 0. The molecule has 6 nitrogen and oxygen atoms in total. The lowest BCUT2D eigenvalue weighted by Crippen LogP contribution is -2.48. The van der Waals surface area contributed by atoms with E-state index in [-0.39, 0.29) is 24.0 Å². The van der Waals surface area contributed by atoms with Crippen molar-refractivity contribution >= 4 is 29.9 Å². The predicted octanol–water partition coefficient (Wildman–Crippen LogP) is 3.59. The van der Waals surface area contributed by atoms with Gasteiger partial charge in [0.05, 0.1) is 12.2 Å². The zero-order valence-electron chi connectivity index (χ0n) is 17.5. The van der Waals surface area contributed by atoms with E-state index in [9.17, 15) is 0 Å². The van der Waals surface area contributed by atoms with Crippen LogP contribution in [0.25, 0.3) is 5.69 Å². The van der Waals surface area contributed by atoms with Crippen LogP contribution in [0.5, 0.6) is 0 Å². The number of nitrogens with one attached hydrogen (secondary N) is 2. The molecule has 0 unspecified atom stereocenters. The first kappa shape index (κ1) is 23.4. The van der Waals surface area contributed by atoms with Crippen LogP contribution in [-0.4, -0.2) is 52.9 Å². The monoisotopic (exact) mass is 508 g/mol. The normalized spacial score (nSPS) is 15.6. The molecule has 1 saturated heterocycles. The van der Waals surface area contributed by atoms with Gasteiger partial charge in [-0.3, -0.25) is 4.90 Å². The highest BCUT2D eigenvalue weighted by Crippen LogP contribution is 2.13. The Bertz CT molecular complexity index is 778. The number of aromatic nitrogens is 2. The summed E-state index contributed by atoms with van der Waals surface area (Å²) in [6.07, 6.45) is 6.01. The highest BCUT2D eigenvalue weighted by atomic mass is 127. The highest BCUT2D eigenvalue weighted by Gasteiger charge is 2.19. The van der Waals surface area contributed by atoms with Crippen LogP contribution in [0.4, 0.5) is 0 Å². The largest absolute Gasteiger partial charge is 0.357 e. The topological polar surface area (TPSA) is 57.5 Å². The van der Waals surface area contributed by atoms with Gasteiger partial charge in [-0.2, -0.15) is 5.10 Å². The van der Waals surface area contributed by atoms with E-state index >= 15 is 0 Å². The number of nitrogens with zero attached hydrogens (tertiary/aromatic N) is 4. The van der Waals surface area contributed by atoms with Gasteiger partial charge < -0.3 is 10.6 Å². The van der Waals surface area contributed by atoms with E-state index in [0.717, 1.165) is 50.7 Å². The van der Waals surface area contributed by atoms with Gasteiger partial charge in [0.1, 0.15) is 0 Å². The van der Waals surface area contributed by atoms with Crippen molar-refractivity contribution in [2.75, 3.05) is 26.2 Å². The van der Waals surface area contributed by atoms with Crippen molar-refractivity contribution in [2.24, 2.45) is 4.99 Å². The third-order valence-corrected chi connectivity index (χ3v) is 4.87. The molecule has 0 bridgehead atoms. The third-order valence-electron chi connectivity index (χ3n) is 4.87. The number of piperidine rings is 1. The van der Waals surface area contributed by atoms with Crippen LogP contribution in [0.15, 0.2) is 59.9 Å². The number of halogens is 1. The van der Waals surface area contributed by atoms with Crippen LogP contribution >= 0.6 is 24.0 Å². The van der Waals surface area contributed by atoms with Crippen LogP contribution in [0.2, 0.25) is 0 Å². The average Bonchev–Trinajstić information content (AvgIpc) is 3.22. The number of hydrogen-bond acceptors (Lipinski definition) is 3. The molecule has 1 fully saturated rings. The molecule has 3 rings (SSSR count). The van der Waals surface area contributed by atoms with E-state index in [1.165, 1.54) is 11.1 Å². The van der Waals surface area contributed by atoms with Gasteiger partial charge in [0, 0.05) is 44.6 Å². The van der Waals surface area contributed by atoms with Crippen molar-refractivity contribution in [3.05, 3.63) is 60.4 Å². The first-order valence-corrected chi connectivity index (χ1v) is 10.1. The fourth-order valence-corrected chi connectivity index (χ4v) is 3.52. The summed E-state index contributed by atoms with van der Waals surface area (Å²) in [5.41, 5.74) is 3.46. The molecule has 1 aliphatic heterocycles. The second-order valence-corrected chi connectivity index (χ2v) is 7.47. The average molecular weight is 508 g/mol. The van der Waals surface area contributed by atoms with Crippen LogP contribution in [0.1, 0.15) is 32.3 Å². The van der Waals surface area contributed by atoms with Gasteiger partial charge in [-0.05, 0) is 50.5 Å². The summed E-state index contributed by atoms with van der Waals surface area (Å²) in [6.45, 7) is 12.9. The number of guanidine groups is 1. The maximum atomic E-state index is 4.80. The lowest BCUT2D eigenvalue weighted by molar-refractivity contribution is 0.221. The molecule has 0 radical (unpaired) electrons. The minimum absolute atomic E-state index is 0. The van der Waals surface area contributed by atoms with E-state index in [4.69, 9.17) is 4.99 Å². The number of aliphatic imine (C=N–C) groups is 1. The molecule has 0 amide bonds. The summed E-state index contributed by atoms with van der Waals surface area (Å²) < 4.78 is 1.87. The van der Waals surface area contributed by atoms with Gasteiger partial charge in [0.15, 0.2) is 5.96 Å². The van der Waals surface area contributed by atoms with Crippen LogP contribution in [0.3, 0.4) is 0 Å². The molecule has 1 aromatic carbocycles. The summed E-state index contributed by atoms with van der Waals surface area (Å²) in [5, 5.41) is 11.3. The van der Waals surface area contributed by atoms with Crippen molar-refractivity contribution in [2.45, 2.75) is 39.3 Å². The van der Waals surface area contributed by atoms with Crippen molar-refractivity contribution in [1.82, 2.24) is 25.3 Å². The smallest absolute Gasteiger partial charge is 0.191 e. The van der Waals surface area contributed by atoms with Gasteiger partial charge in [0.2, 0.25) is 0 Å². The molecule has 1 aromatic heterocycles. The van der Waals surface area contributed by atoms with Gasteiger partial charge in [0.25, 0.3) is 0 Å². The van der Waals surface area contributed by atoms with Gasteiger partial charge in [-0.25, -0.2) is 9.67 Å². The maximum absolute atomic E-state index is 4.80. The SMILES string of the molecule is C=C(C)CN1CCC(NC(=NCc2cccc(-n3cccn3)c2)NCC)CC1.I. The molecular formula is C22H33IN6. The second-order valence-electron chi connectivity index (χ2n) is 7.47. The van der Waals surface area contributed by atoms with E-state index < -0.39 is 0 Å². The fourth-order valence-electron chi connectivity index (χ4n) is 3.52. The number of likely N-dealkylation sites (tertiary alicyclic amines) is 1. The van der Waals surface area contributed by atoms with E-state index in [0.29, 0.717) is 12.6 Å². The zero-order valence-corrected chi connectivity index (χ0v) is 19.8. The second kappa shape index (κ2) is 12.0. The molecule has 2 N–H and O–H groups in total. The summed E-state index contributed by atoms with van der Waals surface area (Å²) >= 11 is 0. The molecular weight excluding hydrogens is 475 g/mol. The first-order valence-electron chi connectivity index (χ1n) is 10.1. The molecule has 2 aromatic rings. The van der Waals surface area contributed by atoms with Crippen LogP contribution < -0.4 is 10.6 Å². The number of hydrogen-bond donors (Lipinski definition) is 2. The molecule has 0 spiro atoms. The van der Waals surface area contributed by atoms with Gasteiger partial charge in [-0.15, -0.1) is 24.0 Å². The Balaban J connectivity index is 0.00000300. The Hall–Kier alpha value is -1.87. The Labute approximate surface area is 191 Å². The van der Waals surface area contributed by atoms with Gasteiger partial charge >= 0.3 is 0 Å². The highest BCUT2D eigenvalue weighted by molar-refractivity contribution is 14.0. The summed E-state index contributed by atoms with van der Waals surface area (Å²) in [6, 6.07) is 10.8. The lowest BCUT2D eigenvalue weighted by Gasteiger charge is -2.33. The molecule has 158 valence electrons. The van der Waals surface area contributed by atoms with Crippen molar-refractivity contribution in [1.29, 1.82) is 0 Å². The molecule has 1 aliphatic rings. The fraction of sp³-hybridized carbons (Fsp3) is 0.455. The quantitative estimate of drug-likeness (QED) is 0.260. The molecule has 0 atom stereocenters. The summed E-state index contributed by atoms with van der Waals surface area (Å²) in [4.78, 5) is 7.28. The zero-order chi connectivity index (χ0) is 19.8. The summed E-state index contributed by atoms with van der Waals surface area (Å²) in [5.74, 6) is 0.894. The first-order chi connectivity index (χ1) is 13.6. The third kappa shape index (κ3) is 7.47. The Morgan fingerprint density at radius 2 is 2.07 bits per heavy atom. The molecule has 29 heavy (non-hydrogen) atoms.